The molecule has 0 saturated heterocycles. The first-order valence-electron chi connectivity index (χ1n) is 9.15. The molecule has 0 fully saturated rings. The molecule has 0 unspecified atom stereocenters. The number of carbonyl (C=O) groups is 1. The monoisotopic (exact) mass is 414 g/mol. The number of methoxy groups -OCH3 is 1. The Bertz CT molecular complexity index is 929. The first-order chi connectivity index (χ1) is 14.1. The van der Waals surface area contributed by atoms with Gasteiger partial charge < -0.3 is 20.2 Å². The van der Waals surface area contributed by atoms with E-state index in [1.807, 2.05) is 42.5 Å². The van der Waals surface area contributed by atoms with Gasteiger partial charge in [0.2, 0.25) is 0 Å². The Hall–Kier alpha value is -2.87. The molecular formula is C21H23ClN4O3. The normalized spacial score (nSPS) is 11.8. The van der Waals surface area contributed by atoms with Crippen LogP contribution in [0.2, 0.25) is 5.15 Å². The number of ether oxygens (including phenoxy) is 2. The van der Waals surface area contributed by atoms with Crippen molar-refractivity contribution in [1.29, 1.82) is 0 Å². The van der Waals surface area contributed by atoms with Crippen LogP contribution in [0.1, 0.15) is 17.4 Å². The number of hydrogen-bond donors (Lipinski definition) is 3. The third-order valence-electron chi connectivity index (χ3n) is 4.25. The number of nitrogens with one attached hydrogen (secondary N) is 2. The van der Waals surface area contributed by atoms with Crippen molar-refractivity contribution in [2.75, 3.05) is 25.6 Å². The number of nitrogens with two attached hydrogens (primary N) is 1. The van der Waals surface area contributed by atoms with Crippen molar-refractivity contribution in [3.8, 4) is 11.3 Å². The fourth-order valence-electron chi connectivity index (χ4n) is 2.78. The average Bonchev–Trinajstić information content (AvgIpc) is 3.11. The van der Waals surface area contributed by atoms with Gasteiger partial charge in [-0.05, 0) is 24.1 Å². The first-order valence-corrected chi connectivity index (χ1v) is 9.52. The average molecular weight is 415 g/mol. The Kier molecular flexibility index (Phi) is 7.24. The molecule has 0 aliphatic carbocycles. The molecule has 8 heteroatoms. The summed E-state index contributed by atoms with van der Waals surface area (Å²) >= 11 is 6.35. The number of nitrogens with zero attached hydrogens (tertiary/aromatic N) is 1. The number of carbonyl (C=O) groups excluding carboxylic acids is 1. The maximum atomic E-state index is 11.7. The summed E-state index contributed by atoms with van der Waals surface area (Å²) in [6, 6.07) is 16.8. The molecule has 4 N–H and O–H groups in total. The van der Waals surface area contributed by atoms with Gasteiger partial charge in [-0.3, -0.25) is 5.32 Å². The van der Waals surface area contributed by atoms with E-state index in [1.165, 1.54) is 0 Å². The van der Waals surface area contributed by atoms with Gasteiger partial charge in [-0.2, -0.15) is 0 Å². The Morgan fingerprint density at radius 2 is 1.90 bits per heavy atom. The Morgan fingerprint density at radius 3 is 2.59 bits per heavy atom. The molecule has 0 saturated carbocycles. The van der Waals surface area contributed by atoms with Crippen LogP contribution >= 0.6 is 11.6 Å². The molecule has 1 aromatic heterocycles. The lowest BCUT2D eigenvalue weighted by molar-refractivity contribution is 0.107. The van der Waals surface area contributed by atoms with E-state index in [9.17, 15) is 4.79 Å². The van der Waals surface area contributed by atoms with E-state index >= 15 is 0 Å². The van der Waals surface area contributed by atoms with E-state index in [0.29, 0.717) is 35.4 Å². The second-order valence-corrected chi connectivity index (χ2v) is 6.79. The van der Waals surface area contributed by atoms with Crippen molar-refractivity contribution in [3.63, 3.8) is 0 Å². The second kappa shape index (κ2) is 10.1. The molecule has 1 atom stereocenters. The third kappa shape index (κ3) is 5.80. The van der Waals surface area contributed by atoms with Crippen molar-refractivity contribution in [2.24, 2.45) is 5.73 Å². The highest BCUT2D eigenvalue weighted by atomic mass is 35.5. The maximum absolute atomic E-state index is 11.7. The highest BCUT2D eigenvalue weighted by molar-refractivity contribution is 6.31. The summed E-state index contributed by atoms with van der Waals surface area (Å²) in [6.07, 6.45) is 0.111. The number of halogens is 1. The molecule has 0 aliphatic heterocycles. The predicted octanol–water partition coefficient (Wildman–Crippen LogP) is 4.17. The van der Waals surface area contributed by atoms with Crippen LogP contribution in [-0.2, 0) is 15.9 Å². The van der Waals surface area contributed by atoms with E-state index < -0.39 is 6.09 Å². The van der Waals surface area contributed by atoms with E-state index in [4.69, 9.17) is 26.8 Å². The van der Waals surface area contributed by atoms with E-state index in [0.717, 1.165) is 11.1 Å². The molecule has 2 aromatic carbocycles. The van der Waals surface area contributed by atoms with Crippen LogP contribution in [0.25, 0.3) is 11.3 Å². The van der Waals surface area contributed by atoms with Gasteiger partial charge in [0.25, 0.3) is 0 Å². The maximum Gasteiger partial charge on any atom is 0.411 e. The van der Waals surface area contributed by atoms with Crippen LogP contribution in [0.4, 0.5) is 10.5 Å². The summed E-state index contributed by atoms with van der Waals surface area (Å²) < 4.78 is 9.81. The molecule has 0 bridgehead atoms. The zero-order valence-corrected chi connectivity index (χ0v) is 16.8. The first kappa shape index (κ1) is 20.9. The lowest BCUT2D eigenvalue weighted by Crippen LogP contribution is -2.16. The van der Waals surface area contributed by atoms with Gasteiger partial charge in [-0.1, -0.05) is 54.1 Å². The quantitative estimate of drug-likeness (QED) is 0.480. The highest BCUT2D eigenvalue weighted by Gasteiger charge is 2.16. The number of hydrogen-bond acceptors (Lipinski definition) is 5. The second-order valence-electron chi connectivity index (χ2n) is 6.41. The molecule has 3 rings (SSSR count). The van der Waals surface area contributed by atoms with Gasteiger partial charge in [0, 0.05) is 18.4 Å². The fraction of sp³-hybridized carbons (Fsp3) is 0.238. The fourth-order valence-corrected chi connectivity index (χ4v) is 3.03. The molecule has 1 heterocycles. The standard InChI is InChI=1S/C21H23ClN4O3/c1-28-11-12-29-21(27)24-16-9-7-15(8-10-16)18-19(22)26-20(25-18)17(23)13-14-5-3-2-4-6-14/h2-10,17H,11-13,23H2,1H3,(H,24,27)(H,25,26)/t17-/m0/s1. The molecule has 3 aromatic rings. The summed E-state index contributed by atoms with van der Waals surface area (Å²) in [4.78, 5) is 19.3. The molecule has 29 heavy (non-hydrogen) atoms. The van der Waals surface area contributed by atoms with Gasteiger partial charge in [0.05, 0.1) is 12.6 Å². The lowest BCUT2D eigenvalue weighted by Gasteiger charge is -2.08. The van der Waals surface area contributed by atoms with Gasteiger partial charge in [-0.25, -0.2) is 9.78 Å². The van der Waals surface area contributed by atoms with Crippen LogP contribution < -0.4 is 11.1 Å². The minimum Gasteiger partial charge on any atom is -0.447 e. The highest BCUT2D eigenvalue weighted by Crippen LogP contribution is 2.28. The van der Waals surface area contributed by atoms with E-state index in [1.54, 1.807) is 19.2 Å². The van der Waals surface area contributed by atoms with Crippen molar-refractivity contribution in [2.45, 2.75) is 12.5 Å². The molecule has 0 radical (unpaired) electrons. The van der Waals surface area contributed by atoms with Crippen molar-refractivity contribution in [3.05, 3.63) is 71.1 Å². The van der Waals surface area contributed by atoms with Gasteiger partial charge >= 0.3 is 6.09 Å². The molecule has 1 amide bonds. The Morgan fingerprint density at radius 1 is 1.17 bits per heavy atom. The smallest absolute Gasteiger partial charge is 0.411 e. The summed E-state index contributed by atoms with van der Waals surface area (Å²) in [5, 5.41) is 3.07. The minimum atomic E-state index is -0.540. The van der Waals surface area contributed by atoms with Crippen LogP contribution in [0, 0.1) is 0 Å². The summed E-state index contributed by atoms with van der Waals surface area (Å²) in [6.45, 7) is 0.536. The number of H-pyrrole nitrogens is 1. The Labute approximate surface area is 174 Å². The van der Waals surface area contributed by atoms with Crippen LogP contribution in [0.15, 0.2) is 54.6 Å². The zero-order valence-electron chi connectivity index (χ0n) is 16.0. The van der Waals surface area contributed by atoms with E-state index in [-0.39, 0.29) is 12.6 Å². The van der Waals surface area contributed by atoms with E-state index in [2.05, 4.69) is 15.3 Å². The van der Waals surface area contributed by atoms with Crippen molar-refractivity contribution >= 4 is 23.4 Å². The molecule has 152 valence electrons. The topological polar surface area (TPSA) is 102 Å². The number of aromatic amines is 1. The van der Waals surface area contributed by atoms with Crippen LogP contribution in [0.3, 0.4) is 0 Å². The number of amides is 1. The van der Waals surface area contributed by atoms with Gasteiger partial charge in [0.1, 0.15) is 23.3 Å². The lowest BCUT2D eigenvalue weighted by atomic mass is 10.1. The number of benzene rings is 2. The third-order valence-corrected chi connectivity index (χ3v) is 4.53. The van der Waals surface area contributed by atoms with Crippen molar-refractivity contribution < 1.29 is 14.3 Å². The van der Waals surface area contributed by atoms with Crippen molar-refractivity contribution in [1.82, 2.24) is 9.97 Å². The molecule has 0 aliphatic rings. The van der Waals surface area contributed by atoms with Gasteiger partial charge in [-0.15, -0.1) is 0 Å². The minimum absolute atomic E-state index is 0.190. The molecule has 0 spiro atoms. The largest absolute Gasteiger partial charge is 0.447 e. The predicted molar refractivity (Wildman–Crippen MR) is 113 cm³/mol. The summed E-state index contributed by atoms with van der Waals surface area (Å²) in [5.41, 5.74) is 9.44. The number of rotatable bonds is 8. The Balaban J connectivity index is 1.65. The molecule has 7 nitrogen and oxygen atoms in total. The molecular weight excluding hydrogens is 392 g/mol. The summed E-state index contributed by atoms with van der Waals surface area (Å²) in [5.74, 6) is 0.623. The zero-order chi connectivity index (χ0) is 20.6. The number of anilines is 1. The summed E-state index contributed by atoms with van der Waals surface area (Å²) in [7, 11) is 1.54. The number of imidazole rings is 1. The van der Waals surface area contributed by atoms with Crippen LogP contribution in [-0.4, -0.2) is 36.4 Å². The van der Waals surface area contributed by atoms with Gasteiger partial charge in [0.15, 0.2) is 0 Å². The SMILES string of the molecule is COCCOC(=O)Nc1ccc(-c2nc([C@@H](N)Cc3ccccc3)[nH]c2Cl)cc1. The number of aromatic nitrogens is 2. The van der Waals surface area contributed by atoms with Crippen LogP contribution in [0.5, 0.6) is 0 Å².